The maximum atomic E-state index is 13.0. The Balaban J connectivity index is 2.18. The van der Waals surface area contributed by atoms with Crippen molar-refractivity contribution in [3.05, 3.63) is 60.8 Å². The van der Waals surface area contributed by atoms with E-state index in [4.69, 9.17) is 9.47 Å². The van der Waals surface area contributed by atoms with Crippen LogP contribution >= 0.6 is 0 Å². The highest BCUT2D eigenvalue weighted by molar-refractivity contribution is 5.76. The van der Waals surface area contributed by atoms with E-state index in [0.29, 0.717) is 6.42 Å². The molecule has 0 saturated carbocycles. The number of aliphatic hydroxyl groups is 5. The van der Waals surface area contributed by atoms with Crippen molar-refractivity contribution in [3.8, 4) is 0 Å². The van der Waals surface area contributed by atoms with E-state index in [0.717, 1.165) is 64.2 Å². The summed E-state index contributed by atoms with van der Waals surface area (Å²) in [6.07, 6.45) is 55.7. The summed E-state index contributed by atoms with van der Waals surface area (Å²) < 4.78 is 11.2. The molecule has 1 rings (SSSR count). The molecule has 384 valence electrons. The topological polar surface area (TPSA) is 149 Å². The Kier molecular flexibility index (Phi) is 43.7. The van der Waals surface area contributed by atoms with E-state index in [9.17, 15) is 30.3 Å². The van der Waals surface area contributed by atoms with Crippen molar-refractivity contribution < 1.29 is 39.8 Å². The molecule has 1 saturated heterocycles. The van der Waals surface area contributed by atoms with Gasteiger partial charge in [-0.3, -0.25) is 4.79 Å². The largest absolute Gasteiger partial charge is 0.394 e. The highest BCUT2D eigenvalue weighted by Gasteiger charge is 2.44. The Labute approximate surface area is 405 Å². The number of carbonyl (C=O) groups excluding carboxylic acids is 1. The summed E-state index contributed by atoms with van der Waals surface area (Å²) in [5, 5.41) is 54.4. The summed E-state index contributed by atoms with van der Waals surface area (Å²) >= 11 is 0. The number of hydrogen-bond donors (Lipinski definition) is 6. The summed E-state index contributed by atoms with van der Waals surface area (Å²) in [5.74, 6) is -0.177. The highest BCUT2D eigenvalue weighted by Crippen LogP contribution is 2.23. The van der Waals surface area contributed by atoms with Crippen LogP contribution < -0.4 is 5.32 Å². The number of rotatable bonds is 46. The lowest BCUT2D eigenvalue weighted by Gasteiger charge is -2.40. The van der Waals surface area contributed by atoms with Crippen LogP contribution in [0.1, 0.15) is 239 Å². The standard InChI is InChI=1S/C57H103NO8/c1-3-5-7-9-11-13-15-17-19-20-21-22-23-24-25-26-27-28-29-30-31-32-33-35-37-39-41-43-45-47-53(61)58-50(49-65-57-56(64)55(63)54(62)52(48-59)66-57)51(60)46-44-42-40-38-36-34-18-16-14-12-10-8-6-4-2/h5,7,11,13,17,19,21-22,44,46,50-52,54-57,59-60,62-64H,3-4,6,8-10,12,14-16,18,20,23-43,45,47-49H2,1-2H3,(H,58,61)/b7-5-,13-11-,19-17-,22-21-,46-44+. The molecule has 0 aromatic heterocycles. The van der Waals surface area contributed by atoms with Gasteiger partial charge in [0.05, 0.1) is 25.4 Å². The van der Waals surface area contributed by atoms with Gasteiger partial charge in [0.15, 0.2) is 6.29 Å². The molecule has 0 aromatic carbocycles. The van der Waals surface area contributed by atoms with Crippen LogP contribution in [-0.2, 0) is 14.3 Å². The summed E-state index contributed by atoms with van der Waals surface area (Å²) in [4.78, 5) is 13.0. The Morgan fingerprint density at radius 3 is 1.39 bits per heavy atom. The first kappa shape index (κ1) is 61.9. The molecule has 6 N–H and O–H groups in total. The maximum Gasteiger partial charge on any atom is 0.220 e. The van der Waals surface area contributed by atoms with E-state index < -0.39 is 49.5 Å². The quantitative estimate of drug-likeness (QED) is 0.0261. The van der Waals surface area contributed by atoms with Crippen LogP contribution in [0.4, 0.5) is 0 Å². The molecule has 66 heavy (non-hydrogen) atoms. The molecule has 9 heteroatoms. The van der Waals surface area contributed by atoms with Crippen molar-refractivity contribution in [2.45, 2.75) is 281 Å². The van der Waals surface area contributed by atoms with Gasteiger partial charge in [-0.2, -0.15) is 0 Å². The molecule has 0 aromatic rings. The van der Waals surface area contributed by atoms with Gasteiger partial charge in [0.2, 0.25) is 5.91 Å². The first-order valence-corrected chi connectivity index (χ1v) is 27.5. The number of nitrogens with one attached hydrogen (secondary N) is 1. The van der Waals surface area contributed by atoms with E-state index in [1.165, 1.54) is 154 Å². The summed E-state index contributed by atoms with van der Waals surface area (Å²) in [7, 11) is 0. The summed E-state index contributed by atoms with van der Waals surface area (Å²) in [5.41, 5.74) is 0. The number of aliphatic hydroxyl groups excluding tert-OH is 5. The molecule has 7 unspecified atom stereocenters. The van der Waals surface area contributed by atoms with Gasteiger partial charge in [0.1, 0.15) is 24.4 Å². The molecular formula is C57H103NO8. The van der Waals surface area contributed by atoms with Gasteiger partial charge in [0.25, 0.3) is 0 Å². The van der Waals surface area contributed by atoms with Crippen molar-refractivity contribution in [1.29, 1.82) is 0 Å². The number of ether oxygens (including phenoxy) is 2. The van der Waals surface area contributed by atoms with Crippen LogP contribution in [0.3, 0.4) is 0 Å². The van der Waals surface area contributed by atoms with Gasteiger partial charge in [-0.1, -0.05) is 235 Å². The minimum Gasteiger partial charge on any atom is -0.394 e. The van der Waals surface area contributed by atoms with Gasteiger partial charge in [-0.05, 0) is 57.8 Å². The van der Waals surface area contributed by atoms with Crippen molar-refractivity contribution in [1.82, 2.24) is 5.32 Å². The summed E-state index contributed by atoms with van der Waals surface area (Å²) in [6.45, 7) is 3.67. The van der Waals surface area contributed by atoms with Crippen LogP contribution in [0.15, 0.2) is 60.8 Å². The molecule has 7 atom stereocenters. The van der Waals surface area contributed by atoms with Crippen LogP contribution in [0.5, 0.6) is 0 Å². The molecule has 0 aliphatic carbocycles. The second kappa shape index (κ2) is 46.6. The maximum absolute atomic E-state index is 13.0. The number of allylic oxidation sites excluding steroid dienone is 9. The predicted molar refractivity (Wildman–Crippen MR) is 276 cm³/mol. The lowest BCUT2D eigenvalue weighted by atomic mass is 9.99. The van der Waals surface area contributed by atoms with E-state index >= 15 is 0 Å². The SMILES string of the molecule is CC/C=C\C/C=C\C/C=C\C/C=C\CCCCCCCCCCCCCCCCCCC(=O)NC(COC1OC(CO)C(O)C(O)C1O)C(O)/C=C/CCCCCCCCCCCCCC. The van der Waals surface area contributed by atoms with Crippen molar-refractivity contribution in [2.75, 3.05) is 13.2 Å². The second-order valence-electron chi connectivity index (χ2n) is 19.0. The minimum atomic E-state index is -1.57. The van der Waals surface area contributed by atoms with Gasteiger partial charge in [-0.15, -0.1) is 0 Å². The molecular weight excluding hydrogens is 827 g/mol. The normalized spacial score (nSPS) is 20.3. The third kappa shape index (κ3) is 36.0. The van der Waals surface area contributed by atoms with E-state index in [-0.39, 0.29) is 12.5 Å². The van der Waals surface area contributed by atoms with E-state index in [1.807, 2.05) is 6.08 Å². The zero-order chi connectivity index (χ0) is 48.0. The Hall–Kier alpha value is -2.11. The molecule has 1 heterocycles. The zero-order valence-electron chi connectivity index (χ0n) is 42.4. The minimum absolute atomic E-state index is 0.177. The van der Waals surface area contributed by atoms with Gasteiger partial charge < -0.3 is 40.3 Å². The van der Waals surface area contributed by atoms with Crippen LogP contribution in [0.2, 0.25) is 0 Å². The highest BCUT2D eigenvalue weighted by atomic mass is 16.7. The zero-order valence-corrected chi connectivity index (χ0v) is 42.4. The lowest BCUT2D eigenvalue weighted by Crippen LogP contribution is -2.60. The smallest absolute Gasteiger partial charge is 0.220 e. The monoisotopic (exact) mass is 930 g/mol. The average molecular weight is 930 g/mol. The molecule has 1 fully saturated rings. The predicted octanol–water partition coefficient (Wildman–Crippen LogP) is 13.1. The molecule has 1 aliphatic heterocycles. The molecule has 0 radical (unpaired) electrons. The Morgan fingerprint density at radius 1 is 0.530 bits per heavy atom. The molecule has 0 bridgehead atoms. The fourth-order valence-corrected chi connectivity index (χ4v) is 8.50. The van der Waals surface area contributed by atoms with Gasteiger partial charge in [0, 0.05) is 6.42 Å². The fraction of sp³-hybridized carbons (Fsp3) is 0.807. The van der Waals surface area contributed by atoms with E-state index in [2.05, 4.69) is 67.8 Å². The molecule has 1 aliphatic rings. The fourth-order valence-electron chi connectivity index (χ4n) is 8.50. The second-order valence-corrected chi connectivity index (χ2v) is 19.0. The molecule has 0 spiro atoms. The third-order valence-electron chi connectivity index (χ3n) is 12.8. The average Bonchev–Trinajstić information content (AvgIpc) is 3.32. The number of carbonyl (C=O) groups is 1. The van der Waals surface area contributed by atoms with Crippen LogP contribution in [0.25, 0.3) is 0 Å². The number of amides is 1. The third-order valence-corrected chi connectivity index (χ3v) is 12.8. The van der Waals surface area contributed by atoms with Crippen LogP contribution in [-0.4, -0.2) is 87.5 Å². The van der Waals surface area contributed by atoms with Gasteiger partial charge in [-0.25, -0.2) is 0 Å². The Morgan fingerprint density at radius 2 is 0.939 bits per heavy atom. The van der Waals surface area contributed by atoms with Crippen molar-refractivity contribution in [3.63, 3.8) is 0 Å². The van der Waals surface area contributed by atoms with Crippen LogP contribution in [0, 0.1) is 0 Å². The van der Waals surface area contributed by atoms with E-state index in [1.54, 1.807) is 6.08 Å². The summed E-state index contributed by atoms with van der Waals surface area (Å²) in [6, 6.07) is -0.805. The Bertz CT molecular complexity index is 1220. The first-order chi connectivity index (χ1) is 32.3. The van der Waals surface area contributed by atoms with Crippen molar-refractivity contribution in [2.24, 2.45) is 0 Å². The molecule has 9 nitrogen and oxygen atoms in total. The first-order valence-electron chi connectivity index (χ1n) is 27.5. The molecule has 1 amide bonds. The van der Waals surface area contributed by atoms with Crippen molar-refractivity contribution >= 4 is 5.91 Å². The lowest BCUT2D eigenvalue weighted by molar-refractivity contribution is -0.302. The number of hydrogen-bond acceptors (Lipinski definition) is 8. The number of unbranched alkanes of at least 4 members (excludes halogenated alkanes) is 28. The van der Waals surface area contributed by atoms with Gasteiger partial charge >= 0.3 is 0 Å².